The summed E-state index contributed by atoms with van der Waals surface area (Å²) < 4.78 is 10.8. The molecule has 9 atom stereocenters. The van der Waals surface area contributed by atoms with Crippen LogP contribution in [0.15, 0.2) is 60.7 Å². The van der Waals surface area contributed by atoms with Gasteiger partial charge in [0.15, 0.2) is 0 Å². The molecule has 2 aromatic carbocycles. The lowest BCUT2D eigenvalue weighted by molar-refractivity contribution is -0.183. The number of aliphatic hydroxyl groups is 1. The molecule has 6 aliphatic carbocycles. The van der Waals surface area contributed by atoms with Crippen molar-refractivity contribution in [2.75, 3.05) is 14.2 Å². The number of rotatable bonds is 4. The fourth-order valence-electron chi connectivity index (χ4n) is 9.94. The molecule has 8 rings (SSSR count). The summed E-state index contributed by atoms with van der Waals surface area (Å²) in [7, 11) is 2.85. The highest BCUT2D eigenvalue weighted by atomic mass is 16.5. The minimum Gasteiger partial charge on any atom is -0.469 e. The Labute approximate surface area is 193 Å². The van der Waals surface area contributed by atoms with Gasteiger partial charge in [-0.2, -0.15) is 0 Å². The van der Waals surface area contributed by atoms with Crippen molar-refractivity contribution in [1.82, 2.24) is 0 Å². The lowest BCUT2D eigenvalue weighted by atomic mass is 9.52. The fraction of sp³-hybridized carbons (Fsp3) is 0.500. The molecule has 5 nitrogen and oxygen atoms in total. The molecule has 0 saturated heterocycles. The van der Waals surface area contributed by atoms with Crippen LogP contribution in [0.5, 0.6) is 0 Å². The zero-order valence-electron chi connectivity index (χ0n) is 18.8. The molecule has 1 N–H and O–H groups in total. The molecular weight excluding hydrogens is 416 g/mol. The Morgan fingerprint density at radius 3 is 2.09 bits per heavy atom. The minimum absolute atomic E-state index is 0.0523. The Morgan fingerprint density at radius 1 is 0.879 bits per heavy atom. The van der Waals surface area contributed by atoms with Crippen molar-refractivity contribution in [2.45, 2.75) is 24.4 Å². The van der Waals surface area contributed by atoms with Gasteiger partial charge in [0, 0.05) is 11.8 Å². The maximum atomic E-state index is 13.8. The monoisotopic (exact) mass is 444 g/mol. The van der Waals surface area contributed by atoms with E-state index in [-0.39, 0.29) is 52.9 Å². The number of carbonyl (C=O) groups is 2. The van der Waals surface area contributed by atoms with Crippen molar-refractivity contribution in [3.63, 3.8) is 0 Å². The second kappa shape index (κ2) is 6.06. The lowest BCUT2D eigenvalue weighted by Crippen LogP contribution is -2.57. The molecule has 6 bridgehead atoms. The van der Waals surface area contributed by atoms with Gasteiger partial charge in [-0.3, -0.25) is 9.59 Å². The molecule has 6 saturated carbocycles. The van der Waals surface area contributed by atoms with Crippen LogP contribution in [0.25, 0.3) is 0 Å². The van der Waals surface area contributed by atoms with Gasteiger partial charge in [-0.1, -0.05) is 60.7 Å². The van der Waals surface area contributed by atoms with Crippen molar-refractivity contribution in [3.8, 4) is 0 Å². The molecule has 6 fully saturated rings. The summed E-state index contributed by atoms with van der Waals surface area (Å²) >= 11 is 0. The van der Waals surface area contributed by atoms with Crippen molar-refractivity contribution in [3.05, 3.63) is 71.8 Å². The van der Waals surface area contributed by atoms with E-state index >= 15 is 0 Å². The molecule has 0 aromatic heterocycles. The number of methoxy groups -OCH3 is 2. The average Bonchev–Trinajstić information content (AvgIpc) is 3.19. The van der Waals surface area contributed by atoms with E-state index in [1.54, 1.807) is 0 Å². The second-order valence-corrected chi connectivity index (χ2v) is 10.9. The number of hydrogen-bond donors (Lipinski definition) is 1. The summed E-state index contributed by atoms with van der Waals surface area (Å²) in [6, 6.07) is 20.0. The Kier molecular flexibility index (Phi) is 3.63. The van der Waals surface area contributed by atoms with Crippen LogP contribution in [0.2, 0.25) is 0 Å². The van der Waals surface area contributed by atoms with Gasteiger partial charge in [0.1, 0.15) is 5.60 Å². The van der Waals surface area contributed by atoms with E-state index in [1.807, 2.05) is 48.5 Å². The maximum absolute atomic E-state index is 13.8. The Balaban J connectivity index is 1.51. The average molecular weight is 445 g/mol. The summed E-state index contributed by atoms with van der Waals surface area (Å²) in [5.74, 6) is -1.50. The third kappa shape index (κ3) is 1.87. The molecule has 0 amide bonds. The Morgan fingerprint density at radius 2 is 1.52 bits per heavy atom. The Hall–Kier alpha value is -2.66. The van der Waals surface area contributed by atoms with Crippen molar-refractivity contribution < 1.29 is 24.2 Å². The highest BCUT2D eigenvalue weighted by Crippen LogP contribution is 2.96. The molecule has 6 aliphatic rings. The summed E-state index contributed by atoms with van der Waals surface area (Å²) in [5.41, 5.74) is -0.147. The van der Waals surface area contributed by atoms with Gasteiger partial charge >= 0.3 is 11.9 Å². The molecule has 0 radical (unpaired) electrons. The fourth-order valence-corrected chi connectivity index (χ4v) is 9.94. The largest absolute Gasteiger partial charge is 0.469 e. The van der Waals surface area contributed by atoms with Crippen LogP contribution in [0.1, 0.15) is 29.9 Å². The molecule has 170 valence electrons. The molecular formula is C28H28O5. The number of esters is 2. The molecule has 5 heteroatoms. The van der Waals surface area contributed by atoms with Crippen LogP contribution >= 0.6 is 0 Å². The topological polar surface area (TPSA) is 72.8 Å². The summed E-state index contributed by atoms with van der Waals surface area (Å²) in [6.07, 6.45) is 2.02. The van der Waals surface area contributed by atoms with Gasteiger partial charge in [0.25, 0.3) is 0 Å². The highest BCUT2D eigenvalue weighted by molar-refractivity contribution is 5.91. The van der Waals surface area contributed by atoms with Crippen LogP contribution in [0, 0.1) is 46.3 Å². The molecule has 0 unspecified atom stereocenters. The molecule has 1 spiro atoms. The summed E-state index contributed by atoms with van der Waals surface area (Å²) in [6.45, 7) is 0. The van der Waals surface area contributed by atoms with Gasteiger partial charge in [-0.15, -0.1) is 0 Å². The zero-order chi connectivity index (χ0) is 22.8. The van der Waals surface area contributed by atoms with Crippen LogP contribution in [-0.4, -0.2) is 31.3 Å². The lowest BCUT2D eigenvalue weighted by Gasteiger charge is -2.52. The van der Waals surface area contributed by atoms with Crippen LogP contribution < -0.4 is 0 Å². The van der Waals surface area contributed by atoms with E-state index in [0.29, 0.717) is 0 Å². The second-order valence-electron chi connectivity index (χ2n) is 10.9. The van der Waals surface area contributed by atoms with Gasteiger partial charge in [0.2, 0.25) is 0 Å². The quantitative estimate of drug-likeness (QED) is 0.731. The number of ether oxygens (including phenoxy) is 2. The Bertz CT molecular complexity index is 1160. The first-order chi connectivity index (χ1) is 16.0. The first-order valence-corrected chi connectivity index (χ1v) is 12.0. The minimum atomic E-state index is -1.09. The van der Waals surface area contributed by atoms with E-state index in [1.165, 1.54) is 14.2 Å². The van der Waals surface area contributed by atoms with Crippen molar-refractivity contribution in [2.24, 2.45) is 46.3 Å². The first kappa shape index (κ1) is 19.8. The molecule has 2 aromatic rings. The SMILES string of the molecule is COC(=O)[C@H]1[C@H]2[C@@H]3[C@@H]4[C@H](C25CC5)[C@@]1(C(=O)OC)[C@H]3[C@@H](c1ccccc1)[C@]4(O)c1ccccc1. The van der Waals surface area contributed by atoms with Gasteiger partial charge in [0.05, 0.1) is 25.6 Å². The first-order valence-electron chi connectivity index (χ1n) is 12.0. The van der Waals surface area contributed by atoms with Crippen LogP contribution in [0.3, 0.4) is 0 Å². The van der Waals surface area contributed by atoms with Crippen molar-refractivity contribution in [1.29, 1.82) is 0 Å². The van der Waals surface area contributed by atoms with Gasteiger partial charge in [-0.05, 0) is 53.1 Å². The third-order valence-corrected chi connectivity index (χ3v) is 10.4. The predicted octanol–water partition coefficient (Wildman–Crippen LogP) is 3.52. The highest BCUT2D eigenvalue weighted by Gasteiger charge is 2.97. The van der Waals surface area contributed by atoms with Crippen LogP contribution in [-0.2, 0) is 24.7 Å². The van der Waals surface area contributed by atoms with Gasteiger partial charge < -0.3 is 14.6 Å². The standard InChI is InChI=1S/C28H28O5/c1-32-24(29)22-19-17-20-18(15-9-5-3-6-10-15)28(31,16-11-7-4-8-12-16)21(17)23(26(19)13-14-26)27(20,22)25(30)33-2/h3-12,17-23,31H,13-14H2,1-2H3/t17-,18+,19+,20+,21+,22+,23+,27+,28+/m0/s1. The van der Waals surface area contributed by atoms with Crippen molar-refractivity contribution >= 4 is 11.9 Å². The van der Waals surface area contributed by atoms with E-state index in [2.05, 4.69) is 12.1 Å². The zero-order valence-corrected chi connectivity index (χ0v) is 18.8. The third-order valence-electron chi connectivity index (χ3n) is 10.4. The number of benzene rings is 2. The van der Waals surface area contributed by atoms with E-state index < -0.39 is 16.9 Å². The smallest absolute Gasteiger partial charge is 0.313 e. The predicted molar refractivity (Wildman–Crippen MR) is 119 cm³/mol. The molecule has 0 aliphatic heterocycles. The maximum Gasteiger partial charge on any atom is 0.313 e. The molecule has 0 heterocycles. The molecule has 33 heavy (non-hydrogen) atoms. The number of carbonyl (C=O) groups excluding carboxylic acids is 2. The van der Waals surface area contributed by atoms with E-state index in [0.717, 1.165) is 24.0 Å². The summed E-state index contributed by atoms with van der Waals surface area (Å²) in [5, 5.41) is 12.7. The van der Waals surface area contributed by atoms with Gasteiger partial charge in [-0.25, -0.2) is 0 Å². The normalized spacial score (nSPS) is 44.4. The van der Waals surface area contributed by atoms with Crippen LogP contribution in [0.4, 0.5) is 0 Å². The van der Waals surface area contributed by atoms with E-state index in [4.69, 9.17) is 9.47 Å². The summed E-state index contributed by atoms with van der Waals surface area (Å²) in [4.78, 5) is 27.0. The van der Waals surface area contributed by atoms with E-state index in [9.17, 15) is 14.7 Å². The number of hydrogen-bond acceptors (Lipinski definition) is 5.